The van der Waals surface area contributed by atoms with Crippen LogP contribution in [0.15, 0.2) is 28.8 Å². The van der Waals surface area contributed by atoms with Crippen LogP contribution >= 0.6 is 11.9 Å². The molecular formula is C11H13N3O2S. The molecule has 17 heavy (non-hydrogen) atoms. The van der Waals surface area contributed by atoms with Crippen molar-refractivity contribution in [3.05, 3.63) is 24.3 Å². The summed E-state index contributed by atoms with van der Waals surface area (Å²) in [4.78, 5) is 11.5. The van der Waals surface area contributed by atoms with E-state index in [-0.39, 0.29) is 6.03 Å². The minimum Gasteiger partial charge on any atom is -0.354 e. The van der Waals surface area contributed by atoms with E-state index in [1.54, 1.807) is 6.07 Å². The molecule has 90 valence electrons. The maximum absolute atomic E-state index is 11.5. The van der Waals surface area contributed by atoms with E-state index in [0.29, 0.717) is 11.4 Å². The first-order chi connectivity index (χ1) is 8.31. The molecular weight excluding hydrogens is 238 g/mol. The number of rotatable bonds is 4. The molecule has 0 aliphatic heterocycles. The largest absolute Gasteiger partial charge is 0.354 e. The second-order valence-corrected chi connectivity index (χ2v) is 4.33. The Kier molecular flexibility index (Phi) is 3.87. The van der Waals surface area contributed by atoms with Gasteiger partial charge in [0.15, 0.2) is 11.4 Å². The summed E-state index contributed by atoms with van der Waals surface area (Å²) >= 11 is 1.37. The Labute approximate surface area is 103 Å². The summed E-state index contributed by atoms with van der Waals surface area (Å²) in [6, 6.07) is 7.09. The molecule has 0 unspecified atom stereocenters. The SMILES string of the molecule is CCCSNC(=O)Nc1noc2ccccc12. The molecule has 1 aromatic heterocycles. The number of benzene rings is 1. The van der Waals surface area contributed by atoms with Gasteiger partial charge in [-0.15, -0.1) is 0 Å². The Morgan fingerprint density at radius 2 is 2.29 bits per heavy atom. The number of nitrogens with one attached hydrogen (secondary N) is 2. The molecule has 0 aliphatic carbocycles. The van der Waals surface area contributed by atoms with Crippen LogP contribution in [0.2, 0.25) is 0 Å². The monoisotopic (exact) mass is 251 g/mol. The first-order valence-corrected chi connectivity index (χ1v) is 6.33. The zero-order valence-electron chi connectivity index (χ0n) is 9.40. The molecule has 6 heteroatoms. The van der Waals surface area contributed by atoms with Gasteiger partial charge in [-0.3, -0.25) is 10.0 Å². The fourth-order valence-electron chi connectivity index (χ4n) is 1.33. The molecule has 1 aromatic carbocycles. The van der Waals surface area contributed by atoms with Crippen molar-refractivity contribution in [3.8, 4) is 0 Å². The maximum Gasteiger partial charge on any atom is 0.330 e. The Bertz CT molecular complexity index is 512. The van der Waals surface area contributed by atoms with Gasteiger partial charge in [-0.2, -0.15) is 0 Å². The number of hydrogen-bond donors (Lipinski definition) is 2. The van der Waals surface area contributed by atoms with Crippen LogP contribution in [-0.2, 0) is 0 Å². The number of para-hydroxylation sites is 1. The van der Waals surface area contributed by atoms with E-state index in [1.807, 2.05) is 18.2 Å². The number of aromatic nitrogens is 1. The van der Waals surface area contributed by atoms with Crippen molar-refractivity contribution in [3.63, 3.8) is 0 Å². The van der Waals surface area contributed by atoms with Gasteiger partial charge >= 0.3 is 6.03 Å². The second kappa shape index (κ2) is 5.58. The van der Waals surface area contributed by atoms with Crippen molar-refractivity contribution in [2.45, 2.75) is 13.3 Å². The summed E-state index contributed by atoms with van der Waals surface area (Å²) in [6.45, 7) is 2.05. The van der Waals surface area contributed by atoms with Gasteiger partial charge in [-0.05, 0) is 30.5 Å². The summed E-state index contributed by atoms with van der Waals surface area (Å²) < 4.78 is 7.75. The van der Waals surface area contributed by atoms with Gasteiger partial charge in [0.1, 0.15) is 0 Å². The molecule has 0 saturated heterocycles. The van der Waals surface area contributed by atoms with Crippen LogP contribution in [0.3, 0.4) is 0 Å². The molecule has 0 fully saturated rings. The lowest BCUT2D eigenvalue weighted by Gasteiger charge is -2.03. The highest BCUT2D eigenvalue weighted by atomic mass is 32.2. The number of amides is 2. The summed E-state index contributed by atoms with van der Waals surface area (Å²) in [7, 11) is 0. The molecule has 5 nitrogen and oxygen atoms in total. The fraction of sp³-hybridized carbons (Fsp3) is 0.273. The van der Waals surface area contributed by atoms with Crippen molar-refractivity contribution >= 4 is 34.8 Å². The molecule has 0 aliphatic rings. The zero-order chi connectivity index (χ0) is 12.1. The van der Waals surface area contributed by atoms with Crippen molar-refractivity contribution in [2.75, 3.05) is 11.1 Å². The zero-order valence-corrected chi connectivity index (χ0v) is 10.2. The van der Waals surface area contributed by atoms with Crippen LogP contribution in [0.5, 0.6) is 0 Å². The van der Waals surface area contributed by atoms with Crippen molar-refractivity contribution in [1.82, 2.24) is 9.88 Å². The van der Waals surface area contributed by atoms with Gasteiger partial charge in [0.25, 0.3) is 0 Å². The minimum atomic E-state index is -0.289. The van der Waals surface area contributed by atoms with E-state index in [1.165, 1.54) is 11.9 Å². The third-order valence-electron chi connectivity index (χ3n) is 2.08. The Morgan fingerprint density at radius 1 is 1.47 bits per heavy atom. The van der Waals surface area contributed by atoms with E-state index in [9.17, 15) is 4.79 Å². The summed E-state index contributed by atoms with van der Waals surface area (Å²) in [6.07, 6.45) is 1.01. The third-order valence-corrected chi connectivity index (χ3v) is 3.02. The average molecular weight is 251 g/mol. The first kappa shape index (κ1) is 11.8. The highest BCUT2D eigenvalue weighted by Gasteiger charge is 2.09. The van der Waals surface area contributed by atoms with Gasteiger partial charge in [0.05, 0.1) is 5.39 Å². The predicted molar refractivity (Wildman–Crippen MR) is 68.9 cm³/mol. The lowest BCUT2D eigenvalue weighted by Crippen LogP contribution is -2.23. The molecule has 1 heterocycles. The average Bonchev–Trinajstić information content (AvgIpc) is 2.73. The van der Waals surface area contributed by atoms with Crippen molar-refractivity contribution in [2.24, 2.45) is 0 Å². The molecule has 2 rings (SSSR count). The van der Waals surface area contributed by atoms with Gasteiger partial charge in [0.2, 0.25) is 0 Å². The van der Waals surface area contributed by atoms with Crippen LogP contribution in [0.4, 0.5) is 10.6 Å². The number of urea groups is 1. The predicted octanol–water partition coefficient (Wildman–Crippen LogP) is 3.01. The molecule has 0 spiro atoms. The molecule has 0 atom stereocenters. The van der Waals surface area contributed by atoms with Crippen LogP contribution in [-0.4, -0.2) is 16.9 Å². The quantitative estimate of drug-likeness (QED) is 0.647. The van der Waals surface area contributed by atoms with E-state index in [4.69, 9.17) is 4.52 Å². The van der Waals surface area contributed by atoms with Gasteiger partial charge in [0, 0.05) is 5.75 Å². The Balaban J connectivity index is 2.01. The molecule has 2 N–H and O–H groups in total. The third kappa shape index (κ3) is 2.91. The number of fused-ring (bicyclic) bond motifs is 1. The lowest BCUT2D eigenvalue weighted by molar-refractivity contribution is 0.257. The van der Waals surface area contributed by atoms with Crippen molar-refractivity contribution < 1.29 is 9.32 Å². The van der Waals surface area contributed by atoms with Gasteiger partial charge in [-0.1, -0.05) is 24.2 Å². The van der Waals surface area contributed by atoms with Gasteiger partial charge in [-0.25, -0.2) is 4.79 Å². The van der Waals surface area contributed by atoms with E-state index in [0.717, 1.165) is 17.6 Å². The van der Waals surface area contributed by atoms with Crippen LogP contribution in [0, 0.1) is 0 Å². The first-order valence-electron chi connectivity index (χ1n) is 5.34. The number of carbonyl (C=O) groups excluding carboxylic acids is 1. The molecule has 0 radical (unpaired) electrons. The van der Waals surface area contributed by atoms with Crippen molar-refractivity contribution in [1.29, 1.82) is 0 Å². The van der Waals surface area contributed by atoms with Crippen LogP contribution < -0.4 is 10.0 Å². The number of nitrogens with zero attached hydrogens (tertiary/aromatic N) is 1. The molecule has 2 amide bonds. The molecule has 2 aromatic rings. The normalized spacial score (nSPS) is 10.4. The molecule has 0 bridgehead atoms. The maximum atomic E-state index is 11.5. The van der Waals surface area contributed by atoms with Crippen LogP contribution in [0.25, 0.3) is 11.0 Å². The lowest BCUT2D eigenvalue weighted by atomic mass is 10.2. The highest BCUT2D eigenvalue weighted by Crippen LogP contribution is 2.21. The second-order valence-electron chi connectivity index (χ2n) is 3.43. The number of anilines is 1. The van der Waals surface area contributed by atoms with E-state index >= 15 is 0 Å². The Hall–Kier alpha value is -1.69. The highest BCUT2D eigenvalue weighted by molar-refractivity contribution is 7.97. The topological polar surface area (TPSA) is 67.2 Å². The van der Waals surface area contributed by atoms with Gasteiger partial charge < -0.3 is 4.52 Å². The number of hydrogen-bond acceptors (Lipinski definition) is 4. The summed E-state index contributed by atoms with van der Waals surface area (Å²) in [5.74, 6) is 1.32. The Morgan fingerprint density at radius 3 is 3.12 bits per heavy atom. The number of carbonyl (C=O) groups is 1. The standard InChI is InChI=1S/C11H13N3O2S/c1-2-7-17-14-11(15)12-10-8-5-3-4-6-9(8)16-13-10/h3-6H,2,7H2,1H3,(H2,12,13,14,15). The molecule has 0 saturated carbocycles. The minimum absolute atomic E-state index is 0.289. The smallest absolute Gasteiger partial charge is 0.330 e. The van der Waals surface area contributed by atoms with E-state index in [2.05, 4.69) is 22.1 Å². The fourth-order valence-corrected chi connectivity index (χ4v) is 1.82. The summed E-state index contributed by atoms with van der Waals surface area (Å²) in [5.41, 5.74) is 0.656. The van der Waals surface area contributed by atoms with E-state index < -0.39 is 0 Å². The summed E-state index contributed by atoms with van der Waals surface area (Å²) in [5, 5.41) is 7.25. The van der Waals surface area contributed by atoms with Crippen LogP contribution in [0.1, 0.15) is 13.3 Å².